The van der Waals surface area contributed by atoms with Gasteiger partial charge >= 0.3 is 0 Å². The largest absolute Gasteiger partial charge is 0.394 e. The predicted molar refractivity (Wildman–Crippen MR) is 142 cm³/mol. The second-order valence-electron chi connectivity index (χ2n) is 10.7. The van der Waals surface area contributed by atoms with E-state index in [9.17, 15) is 30.3 Å². The number of aliphatic hydroxyl groups is 5. The maximum atomic E-state index is 12.8. The summed E-state index contributed by atoms with van der Waals surface area (Å²) in [6.45, 7) is -0.408. The normalized spacial score (nSPS) is 42.3. The molecule has 0 bridgehead atoms. The van der Waals surface area contributed by atoms with Gasteiger partial charge in [-0.05, 0) is 19.3 Å². The number of hydrogen-bond donors (Lipinski definition) is 12. The minimum absolute atomic E-state index is 0.0120. The molecule has 3 rings (SSSR count). The minimum atomic E-state index is -1.57. The van der Waals surface area contributed by atoms with Gasteiger partial charge in [-0.25, -0.2) is 0 Å². The van der Waals surface area contributed by atoms with E-state index in [2.05, 4.69) is 10.3 Å². The van der Waals surface area contributed by atoms with Crippen LogP contribution in [-0.2, 0) is 23.7 Å². The van der Waals surface area contributed by atoms with Gasteiger partial charge in [0.15, 0.2) is 18.5 Å². The van der Waals surface area contributed by atoms with Gasteiger partial charge in [-0.15, -0.1) is 0 Å². The SMILES string of the molecule is NC[C@@H]1CC[C@@H](N)[C@@H](O[C@H]2[C@H](O)[C@@H](O[C@H]3O[C@H](CO)[C@@H](O)[C@H](N)[C@H]3O)[C@H](NC(=O)[C@@H](O)CCN=C(N)N)C[C@@H]2N)O1. The number of amides is 1. The van der Waals surface area contributed by atoms with E-state index in [1.807, 2.05) is 0 Å². The topological polar surface area (TPSA) is 336 Å². The maximum Gasteiger partial charge on any atom is 0.249 e. The van der Waals surface area contributed by atoms with Crippen molar-refractivity contribution in [1.29, 1.82) is 0 Å². The fourth-order valence-electron chi connectivity index (χ4n) is 5.18. The molecule has 0 spiro atoms. The number of ether oxygens (including phenoxy) is 4. The molecule has 0 radical (unpaired) electrons. The van der Waals surface area contributed by atoms with Crippen LogP contribution in [0.4, 0.5) is 0 Å². The molecule has 14 atom stereocenters. The molecule has 0 unspecified atom stereocenters. The molecule has 238 valence electrons. The molecule has 1 saturated carbocycles. The molecule has 3 aliphatic rings. The first kappa shape index (κ1) is 33.7. The number of rotatable bonds is 11. The highest BCUT2D eigenvalue weighted by Gasteiger charge is 2.51. The molecule has 3 fully saturated rings. The predicted octanol–water partition coefficient (Wildman–Crippen LogP) is -7.08. The number of carbonyl (C=O) groups is 1. The Bertz CT molecular complexity index is 870. The van der Waals surface area contributed by atoms with Gasteiger partial charge in [-0.1, -0.05) is 0 Å². The van der Waals surface area contributed by atoms with Crippen molar-refractivity contribution in [2.24, 2.45) is 39.4 Å². The van der Waals surface area contributed by atoms with Crippen molar-refractivity contribution < 1.29 is 49.3 Å². The summed E-state index contributed by atoms with van der Waals surface area (Å²) in [4.78, 5) is 16.5. The molecule has 18 heteroatoms. The first-order valence-electron chi connectivity index (χ1n) is 13.6. The van der Waals surface area contributed by atoms with E-state index in [1.165, 1.54) is 0 Å². The second-order valence-corrected chi connectivity index (χ2v) is 10.7. The van der Waals surface area contributed by atoms with Crippen molar-refractivity contribution in [3.8, 4) is 0 Å². The van der Waals surface area contributed by atoms with E-state index in [0.29, 0.717) is 12.8 Å². The summed E-state index contributed by atoms with van der Waals surface area (Å²) >= 11 is 0. The smallest absolute Gasteiger partial charge is 0.249 e. The van der Waals surface area contributed by atoms with Crippen LogP contribution in [-0.4, -0.2) is 143 Å². The molecule has 18 nitrogen and oxygen atoms in total. The standard InChI is InChI=1S/C23H46N8O10/c24-6-8-1-2-9(25)21(38-8)40-18-10(26)5-11(31-20(37)12(33)3-4-30-23(28)29)19(17(18)36)41-22-16(35)14(27)15(34)13(7-32)39-22/h8-19,21-22,32-36H,1-7,24-27H2,(H,31,37)(H4,28,29,30)/t8-,9+,10-,11+,12-,13+,14-,15+,16+,17-,18+,19-,21+,22+/m0/s1. The average molecular weight is 595 g/mol. The average Bonchev–Trinajstić information content (AvgIpc) is 2.93. The van der Waals surface area contributed by atoms with Crippen molar-refractivity contribution in [2.45, 2.75) is 111 Å². The van der Waals surface area contributed by atoms with E-state index in [-0.39, 0.29) is 38.0 Å². The molecule has 0 aromatic rings. The van der Waals surface area contributed by atoms with Crippen LogP contribution in [0.2, 0.25) is 0 Å². The Morgan fingerprint density at radius 2 is 1.66 bits per heavy atom. The Balaban J connectivity index is 1.81. The number of nitrogens with zero attached hydrogens (tertiary/aromatic N) is 1. The van der Waals surface area contributed by atoms with Gasteiger partial charge in [0, 0.05) is 25.6 Å². The lowest BCUT2D eigenvalue weighted by atomic mass is 9.83. The van der Waals surface area contributed by atoms with Gasteiger partial charge in [0.25, 0.3) is 0 Å². The van der Waals surface area contributed by atoms with E-state index in [1.54, 1.807) is 0 Å². The molecule has 2 saturated heterocycles. The Labute approximate surface area is 237 Å². The van der Waals surface area contributed by atoms with Crippen molar-refractivity contribution in [3.05, 3.63) is 0 Å². The molecular formula is C23H46N8O10. The number of aliphatic hydroxyl groups excluding tert-OH is 5. The number of aliphatic imine (C=N–C) groups is 1. The van der Waals surface area contributed by atoms with E-state index in [0.717, 1.165) is 0 Å². The Morgan fingerprint density at radius 3 is 2.29 bits per heavy atom. The highest BCUT2D eigenvalue weighted by molar-refractivity contribution is 5.81. The van der Waals surface area contributed by atoms with E-state index >= 15 is 0 Å². The van der Waals surface area contributed by atoms with Gasteiger partial charge in [-0.2, -0.15) is 0 Å². The maximum absolute atomic E-state index is 12.8. The van der Waals surface area contributed by atoms with Crippen LogP contribution < -0.4 is 39.7 Å². The molecule has 41 heavy (non-hydrogen) atoms. The number of carbonyl (C=O) groups excluding carboxylic acids is 1. The molecule has 2 aliphatic heterocycles. The fourth-order valence-corrected chi connectivity index (χ4v) is 5.18. The number of nitrogens with one attached hydrogen (secondary N) is 1. The molecule has 0 aromatic carbocycles. The van der Waals surface area contributed by atoms with Crippen LogP contribution in [0.3, 0.4) is 0 Å². The lowest BCUT2D eigenvalue weighted by Gasteiger charge is -2.48. The molecular weight excluding hydrogens is 548 g/mol. The zero-order valence-electron chi connectivity index (χ0n) is 22.7. The van der Waals surface area contributed by atoms with E-state index < -0.39 is 92.0 Å². The Hall–Kier alpha value is -1.78. The summed E-state index contributed by atoms with van der Waals surface area (Å²) < 4.78 is 23.3. The third-order valence-electron chi connectivity index (χ3n) is 7.63. The molecule has 18 N–H and O–H groups in total. The van der Waals surface area contributed by atoms with Crippen molar-refractivity contribution in [3.63, 3.8) is 0 Å². The van der Waals surface area contributed by atoms with Crippen LogP contribution in [0.15, 0.2) is 4.99 Å². The van der Waals surface area contributed by atoms with Gasteiger partial charge in [0.1, 0.15) is 42.7 Å². The number of guanidine groups is 1. The molecule has 1 aliphatic carbocycles. The van der Waals surface area contributed by atoms with Crippen molar-refractivity contribution >= 4 is 11.9 Å². The van der Waals surface area contributed by atoms with Gasteiger partial charge in [0.2, 0.25) is 5.91 Å². The Kier molecular flexibility index (Phi) is 12.4. The monoisotopic (exact) mass is 594 g/mol. The lowest BCUT2D eigenvalue weighted by Crippen LogP contribution is -2.69. The summed E-state index contributed by atoms with van der Waals surface area (Å²) in [6.07, 6.45) is -11.3. The highest BCUT2D eigenvalue weighted by Crippen LogP contribution is 2.31. The molecule has 1 amide bonds. The first-order chi connectivity index (χ1) is 19.4. The summed E-state index contributed by atoms with van der Waals surface area (Å²) in [5, 5.41) is 54.8. The molecule has 0 aromatic heterocycles. The summed E-state index contributed by atoms with van der Waals surface area (Å²) in [5.41, 5.74) is 34.7. The summed E-state index contributed by atoms with van der Waals surface area (Å²) in [6, 6.07) is -3.67. The first-order valence-corrected chi connectivity index (χ1v) is 13.6. The summed E-state index contributed by atoms with van der Waals surface area (Å²) in [5.74, 6) is -1.02. The fraction of sp³-hybridized carbons (Fsp3) is 0.913. The Morgan fingerprint density at radius 1 is 0.976 bits per heavy atom. The third-order valence-corrected chi connectivity index (χ3v) is 7.63. The highest BCUT2D eigenvalue weighted by atomic mass is 16.7. The van der Waals surface area contributed by atoms with Crippen LogP contribution in [0.1, 0.15) is 25.7 Å². The van der Waals surface area contributed by atoms with Crippen molar-refractivity contribution in [1.82, 2.24) is 5.32 Å². The molecule has 2 heterocycles. The van der Waals surface area contributed by atoms with Crippen LogP contribution in [0, 0.1) is 0 Å². The van der Waals surface area contributed by atoms with E-state index in [4.69, 9.17) is 53.3 Å². The van der Waals surface area contributed by atoms with Gasteiger partial charge < -0.3 is 84.2 Å². The minimum Gasteiger partial charge on any atom is -0.394 e. The number of hydrogen-bond acceptors (Lipinski definition) is 15. The third kappa shape index (κ3) is 8.41. The lowest BCUT2D eigenvalue weighted by molar-refractivity contribution is -0.314. The zero-order chi connectivity index (χ0) is 30.4. The zero-order valence-corrected chi connectivity index (χ0v) is 22.7. The van der Waals surface area contributed by atoms with Gasteiger partial charge in [-0.3, -0.25) is 9.79 Å². The summed E-state index contributed by atoms with van der Waals surface area (Å²) in [7, 11) is 0. The number of nitrogens with two attached hydrogens (primary N) is 6. The van der Waals surface area contributed by atoms with Crippen LogP contribution >= 0.6 is 0 Å². The van der Waals surface area contributed by atoms with Crippen LogP contribution in [0.5, 0.6) is 0 Å². The quantitative estimate of drug-likeness (QED) is 0.0780. The van der Waals surface area contributed by atoms with Crippen LogP contribution in [0.25, 0.3) is 0 Å². The second kappa shape index (κ2) is 15.1. The van der Waals surface area contributed by atoms with Crippen molar-refractivity contribution in [2.75, 3.05) is 19.7 Å². The van der Waals surface area contributed by atoms with Gasteiger partial charge in [0.05, 0.1) is 30.8 Å².